The number of hydrogen-bond donors (Lipinski definition) is 2. The third-order valence-electron chi connectivity index (χ3n) is 1.72. The van der Waals surface area contributed by atoms with Crippen LogP contribution in [0.1, 0.15) is 19.8 Å². The van der Waals surface area contributed by atoms with Gasteiger partial charge in [0.2, 0.25) is 0 Å². The average Bonchev–Trinajstić information content (AvgIpc) is 2.35. The van der Waals surface area contributed by atoms with Crippen LogP contribution in [0.2, 0.25) is 0 Å². The van der Waals surface area contributed by atoms with Crippen molar-refractivity contribution in [1.82, 2.24) is 9.44 Å². The smallest absolute Gasteiger partial charge is 0.172 e. The molecule has 2 unspecified atom stereocenters. The fourth-order valence-corrected chi connectivity index (χ4v) is 2.47. The van der Waals surface area contributed by atoms with Gasteiger partial charge in [0.15, 0.2) is 10.1 Å². The molecular formula is C6H15N3OS. The molecule has 11 heavy (non-hydrogen) atoms. The first kappa shape index (κ1) is 8.96. The van der Waals surface area contributed by atoms with Crippen LogP contribution in [-0.2, 0) is 10.1 Å². The molecule has 0 radical (unpaired) electrons. The molecule has 1 heterocycles. The third kappa shape index (κ3) is 2.15. The van der Waals surface area contributed by atoms with Crippen molar-refractivity contribution in [2.45, 2.75) is 25.8 Å². The minimum absolute atomic E-state index is 0.306. The first-order valence-electron chi connectivity index (χ1n) is 3.89. The van der Waals surface area contributed by atoms with Crippen LogP contribution in [0, 0.1) is 0 Å². The molecule has 1 aliphatic heterocycles. The number of nitrogens with zero attached hydrogens (tertiary/aromatic N) is 1. The second kappa shape index (κ2) is 3.51. The normalized spacial score (nSPS) is 37.1. The van der Waals surface area contributed by atoms with Crippen molar-refractivity contribution in [2.75, 3.05) is 13.6 Å². The summed E-state index contributed by atoms with van der Waals surface area (Å²) >= 11 is 0. The first-order chi connectivity index (χ1) is 5.20. The van der Waals surface area contributed by atoms with Gasteiger partial charge in [0.1, 0.15) is 0 Å². The second-order valence-corrected chi connectivity index (χ2v) is 4.60. The number of hydrogen-bond acceptors (Lipinski definition) is 2. The van der Waals surface area contributed by atoms with Crippen LogP contribution in [0.4, 0.5) is 0 Å². The molecule has 0 aromatic carbocycles. The standard InChI is InChI=1S/C6H15N3OS/c1-3-4-6-5-8-11(10,7-2)9-6/h6H,3-5H2,1-2H3,(H2,7,8,9,10). The summed E-state index contributed by atoms with van der Waals surface area (Å²) in [5, 5.41) is 0. The van der Waals surface area contributed by atoms with Gasteiger partial charge in [-0.1, -0.05) is 13.3 Å². The van der Waals surface area contributed by atoms with E-state index in [1.54, 1.807) is 7.05 Å². The molecule has 0 aliphatic carbocycles. The zero-order valence-electron chi connectivity index (χ0n) is 6.96. The Bertz CT molecular complexity index is 232. The fourth-order valence-electron chi connectivity index (χ4n) is 1.12. The van der Waals surface area contributed by atoms with Gasteiger partial charge in [-0.15, -0.1) is 0 Å². The van der Waals surface area contributed by atoms with Gasteiger partial charge in [-0.05, 0) is 13.5 Å². The van der Waals surface area contributed by atoms with Crippen molar-refractivity contribution in [2.24, 2.45) is 4.36 Å². The van der Waals surface area contributed by atoms with Gasteiger partial charge in [-0.25, -0.2) is 18.0 Å². The van der Waals surface area contributed by atoms with Gasteiger partial charge >= 0.3 is 0 Å². The monoisotopic (exact) mass is 177 g/mol. The average molecular weight is 177 g/mol. The van der Waals surface area contributed by atoms with Crippen LogP contribution in [-0.4, -0.2) is 23.8 Å². The molecule has 1 aliphatic rings. The molecule has 66 valence electrons. The number of nitrogens with one attached hydrogen (secondary N) is 2. The van der Waals surface area contributed by atoms with E-state index in [1.807, 2.05) is 0 Å². The molecule has 0 saturated heterocycles. The predicted molar refractivity (Wildman–Crippen MR) is 46.3 cm³/mol. The molecule has 5 heteroatoms. The Balaban J connectivity index is 2.49. The topological polar surface area (TPSA) is 53.5 Å². The highest BCUT2D eigenvalue weighted by atomic mass is 32.2. The summed E-state index contributed by atoms with van der Waals surface area (Å²) in [4.78, 5) is 0. The van der Waals surface area contributed by atoms with Gasteiger partial charge in [0.25, 0.3) is 0 Å². The van der Waals surface area contributed by atoms with E-state index in [9.17, 15) is 4.21 Å². The molecular weight excluding hydrogens is 162 g/mol. The van der Waals surface area contributed by atoms with Crippen molar-refractivity contribution in [3.8, 4) is 0 Å². The molecule has 4 nitrogen and oxygen atoms in total. The lowest BCUT2D eigenvalue weighted by Gasteiger charge is -2.08. The van der Waals surface area contributed by atoms with Gasteiger partial charge < -0.3 is 0 Å². The maximum absolute atomic E-state index is 11.5. The zero-order chi connectivity index (χ0) is 8.32. The van der Waals surface area contributed by atoms with Crippen LogP contribution in [0.15, 0.2) is 4.36 Å². The summed E-state index contributed by atoms with van der Waals surface area (Å²) in [5.41, 5.74) is 0. The lowest BCUT2D eigenvalue weighted by molar-refractivity contribution is 0.587. The van der Waals surface area contributed by atoms with E-state index >= 15 is 0 Å². The van der Waals surface area contributed by atoms with E-state index in [0.717, 1.165) is 12.8 Å². The third-order valence-corrected chi connectivity index (χ3v) is 3.44. The Hall–Kier alpha value is -0.130. The maximum atomic E-state index is 11.5. The van der Waals surface area contributed by atoms with E-state index in [4.69, 9.17) is 0 Å². The Morgan fingerprint density at radius 2 is 2.55 bits per heavy atom. The summed E-state index contributed by atoms with van der Waals surface area (Å²) in [7, 11) is -0.578. The van der Waals surface area contributed by atoms with Gasteiger partial charge in [-0.2, -0.15) is 0 Å². The fraction of sp³-hybridized carbons (Fsp3) is 1.00. The molecule has 1 rings (SSSR count). The van der Waals surface area contributed by atoms with Crippen LogP contribution in [0.3, 0.4) is 0 Å². The number of rotatable bonds is 3. The molecule has 0 fully saturated rings. The largest absolute Gasteiger partial charge is 0.222 e. The van der Waals surface area contributed by atoms with E-state index < -0.39 is 10.1 Å². The second-order valence-electron chi connectivity index (χ2n) is 2.65. The predicted octanol–water partition coefficient (Wildman–Crippen LogP) is 0.276. The van der Waals surface area contributed by atoms with Crippen molar-refractivity contribution < 1.29 is 4.21 Å². The maximum Gasteiger partial charge on any atom is 0.172 e. The van der Waals surface area contributed by atoms with Crippen LogP contribution in [0.25, 0.3) is 0 Å². The minimum Gasteiger partial charge on any atom is -0.222 e. The van der Waals surface area contributed by atoms with Crippen molar-refractivity contribution >= 4 is 10.1 Å². The molecule has 0 saturated carbocycles. The summed E-state index contributed by atoms with van der Waals surface area (Å²) in [5.74, 6) is 0. The van der Waals surface area contributed by atoms with E-state index in [0.29, 0.717) is 12.6 Å². The first-order valence-corrected chi connectivity index (χ1v) is 5.40. The molecule has 0 spiro atoms. The lowest BCUT2D eigenvalue weighted by Crippen LogP contribution is -2.36. The van der Waals surface area contributed by atoms with Gasteiger partial charge in [0.05, 0.1) is 6.54 Å². The lowest BCUT2D eigenvalue weighted by atomic mass is 10.2. The van der Waals surface area contributed by atoms with Gasteiger partial charge in [-0.3, -0.25) is 0 Å². The highest BCUT2D eigenvalue weighted by Gasteiger charge is 2.20. The zero-order valence-corrected chi connectivity index (χ0v) is 7.78. The van der Waals surface area contributed by atoms with Gasteiger partial charge in [0, 0.05) is 6.04 Å². The van der Waals surface area contributed by atoms with E-state index in [2.05, 4.69) is 20.7 Å². The molecule has 0 amide bonds. The quantitative estimate of drug-likeness (QED) is 0.639. The Morgan fingerprint density at radius 1 is 1.82 bits per heavy atom. The van der Waals surface area contributed by atoms with Crippen molar-refractivity contribution in [3.05, 3.63) is 0 Å². The molecule has 0 aromatic rings. The Labute approximate surface area is 68.2 Å². The van der Waals surface area contributed by atoms with Crippen LogP contribution >= 0.6 is 0 Å². The van der Waals surface area contributed by atoms with Crippen LogP contribution in [0.5, 0.6) is 0 Å². The molecule has 2 atom stereocenters. The molecule has 2 N–H and O–H groups in total. The summed E-state index contributed by atoms with van der Waals surface area (Å²) in [6.07, 6.45) is 2.15. The summed E-state index contributed by atoms with van der Waals surface area (Å²) in [6.45, 7) is 2.79. The highest BCUT2D eigenvalue weighted by molar-refractivity contribution is 7.90. The molecule has 0 bridgehead atoms. The minimum atomic E-state index is -2.24. The van der Waals surface area contributed by atoms with Crippen molar-refractivity contribution in [1.29, 1.82) is 0 Å². The summed E-state index contributed by atoms with van der Waals surface area (Å²) < 4.78 is 21.1. The van der Waals surface area contributed by atoms with Crippen LogP contribution < -0.4 is 9.44 Å². The van der Waals surface area contributed by atoms with E-state index in [1.165, 1.54) is 0 Å². The highest BCUT2D eigenvalue weighted by Crippen LogP contribution is 2.06. The van der Waals surface area contributed by atoms with Crippen molar-refractivity contribution in [3.63, 3.8) is 0 Å². The summed E-state index contributed by atoms with van der Waals surface area (Å²) in [6, 6.07) is 0.306. The SMILES string of the molecule is CCCC1CN=S(=O)(NC)N1. The Morgan fingerprint density at radius 3 is 3.00 bits per heavy atom. The molecule has 0 aromatic heterocycles. The Kier molecular flexibility index (Phi) is 2.86. The van der Waals surface area contributed by atoms with E-state index in [-0.39, 0.29) is 0 Å².